The Bertz CT molecular complexity index is 703. The number of hydrogen-bond donors (Lipinski definition) is 1. The van der Waals surface area contributed by atoms with Crippen molar-refractivity contribution in [2.75, 3.05) is 12.8 Å². The second kappa shape index (κ2) is 4.07. The minimum Gasteiger partial charge on any atom is -0.495 e. The molecule has 0 amide bonds. The minimum atomic E-state index is 0.614. The number of nitrogens with two attached hydrogens (primary N) is 1. The van der Waals surface area contributed by atoms with Gasteiger partial charge in [-0.2, -0.15) is 0 Å². The monoisotopic (exact) mass is 239 g/mol. The smallest absolute Gasteiger partial charge is 0.143 e. The molecular weight excluding hydrogens is 226 g/mol. The van der Waals surface area contributed by atoms with Gasteiger partial charge in [-0.05, 0) is 24.3 Å². The molecule has 18 heavy (non-hydrogen) atoms. The number of benzene rings is 2. The van der Waals surface area contributed by atoms with Gasteiger partial charge in [0.1, 0.15) is 12.1 Å². The van der Waals surface area contributed by atoms with Crippen LogP contribution in [0.25, 0.3) is 16.7 Å². The number of fused-ring (bicyclic) bond motifs is 1. The maximum Gasteiger partial charge on any atom is 0.143 e. The zero-order valence-corrected chi connectivity index (χ0v) is 10.00. The van der Waals surface area contributed by atoms with Gasteiger partial charge in [0, 0.05) is 0 Å². The summed E-state index contributed by atoms with van der Waals surface area (Å²) in [6, 6.07) is 13.7. The van der Waals surface area contributed by atoms with Crippen molar-refractivity contribution < 1.29 is 4.74 Å². The molecule has 3 rings (SSSR count). The molecule has 0 saturated heterocycles. The van der Waals surface area contributed by atoms with Gasteiger partial charge in [-0.25, -0.2) is 4.98 Å². The highest BCUT2D eigenvalue weighted by atomic mass is 16.5. The van der Waals surface area contributed by atoms with Gasteiger partial charge >= 0.3 is 0 Å². The SMILES string of the molecule is COc1cccc(-n2cnc3ccccc32)c1N. The van der Waals surface area contributed by atoms with Crippen LogP contribution in [0.2, 0.25) is 0 Å². The molecular formula is C14H13N3O. The van der Waals surface area contributed by atoms with Crippen molar-refractivity contribution in [2.24, 2.45) is 0 Å². The number of anilines is 1. The van der Waals surface area contributed by atoms with Crippen LogP contribution in [-0.4, -0.2) is 16.7 Å². The van der Waals surface area contributed by atoms with Gasteiger partial charge in [0.25, 0.3) is 0 Å². The van der Waals surface area contributed by atoms with E-state index in [4.69, 9.17) is 10.5 Å². The van der Waals surface area contributed by atoms with Crippen molar-refractivity contribution in [1.82, 2.24) is 9.55 Å². The second-order valence-electron chi connectivity index (χ2n) is 4.00. The molecule has 0 bridgehead atoms. The van der Waals surface area contributed by atoms with E-state index < -0.39 is 0 Å². The lowest BCUT2D eigenvalue weighted by atomic mass is 10.2. The third kappa shape index (κ3) is 1.50. The van der Waals surface area contributed by atoms with Crippen molar-refractivity contribution in [3.63, 3.8) is 0 Å². The van der Waals surface area contributed by atoms with Crippen LogP contribution in [0, 0.1) is 0 Å². The van der Waals surface area contributed by atoms with Crippen LogP contribution in [-0.2, 0) is 0 Å². The van der Waals surface area contributed by atoms with E-state index in [1.165, 1.54) is 0 Å². The zero-order valence-electron chi connectivity index (χ0n) is 10.00. The molecule has 2 aromatic carbocycles. The van der Waals surface area contributed by atoms with E-state index in [-0.39, 0.29) is 0 Å². The van der Waals surface area contributed by atoms with Crippen LogP contribution >= 0.6 is 0 Å². The maximum atomic E-state index is 6.10. The highest BCUT2D eigenvalue weighted by Gasteiger charge is 2.09. The summed E-state index contributed by atoms with van der Waals surface area (Å²) in [6.45, 7) is 0. The summed E-state index contributed by atoms with van der Waals surface area (Å²) in [6.07, 6.45) is 1.77. The fraction of sp³-hybridized carbons (Fsp3) is 0.0714. The third-order valence-electron chi connectivity index (χ3n) is 2.98. The molecule has 1 heterocycles. The number of methoxy groups -OCH3 is 1. The highest BCUT2D eigenvalue weighted by molar-refractivity contribution is 5.80. The summed E-state index contributed by atoms with van der Waals surface area (Å²) in [5.74, 6) is 0.672. The molecule has 4 heteroatoms. The van der Waals surface area contributed by atoms with E-state index in [1.807, 2.05) is 47.0 Å². The number of rotatable bonds is 2. The number of aromatic nitrogens is 2. The average Bonchev–Trinajstić information content (AvgIpc) is 2.83. The summed E-state index contributed by atoms with van der Waals surface area (Å²) in [7, 11) is 1.61. The first-order valence-corrected chi connectivity index (χ1v) is 5.66. The van der Waals surface area contributed by atoms with Crippen molar-refractivity contribution in [3.8, 4) is 11.4 Å². The van der Waals surface area contributed by atoms with Crippen LogP contribution in [0.15, 0.2) is 48.8 Å². The Kier molecular flexibility index (Phi) is 2.41. The van der Waals surface area contributed by atoms with Gasteiger partial charge in [-0.3, -0.25) is 4.57 Å². The van der Waals surface area contributed by atoms with Crippen LogP contribution in [0.5, 0.6) is 5.75 Å². The first-order valence-electron chi connectivity index (χ1n) is 5.66. The standard InChI is InChI=1S/C14H13N3O/c1-18-13-8-4-7-12(14(13)15)17-9-16-10-5-2-3-6-11(10)17/h2-9H,15H2,1H3. The average molecular weight is 239 g/mol. The zero-order chi connectivity index (χ0) is 12.5. The number of ether oxygens (including phenoxy) is 1. The predicted molar refractivity (Wildman–Crippen MR) is 72.0 cm³/mol. The van der Waals surface area contributed by atoms with Gasteiger partial charge in [-0.1, -0.05) is 18.2 Å². The summed E-state index contributed by atoms with van der Waals surface area (Å²) in [5, 5.41) is 0. The summed E-state index contributed by atoms with van der Waals surface area (Å²) in [5.41, 5.74) is 9.56. The molecule has 1 aromatic heterocycles. The molecule has 0 unspecified atom stereocenters. The van der Waals surface area contributed by atoms with Gasteiger partial charge in [0.15, 0.2) is 0 Å². The van der Waals surface area contributed by atoms with E-state index in [2.05, 4.69) is 4.98 Å². The molecule has 0 spiro atoms. The Labute approximate surface area is 105 Å². The summed E-state index contributed by atoms with van der Waals surface area (Å²) >= 11 is 0. The number of imidazole rings is 1. The Morgan fingerprint density at radius 2 is 1.94 bits per heavy atom. The summed E-state index contributed by atoms with van der Waals surface area (Å²) in [4.78, 5) is 4.36. The van der Waals surface area contributed by atoms with E-state index >= 15 is 0 Å². The molecule has 3 aromatic rings. The first-order chi connectivity index (χ1) is 8.81. The van der Waals surface area contributed by atoms with E-state index in [0.717, 1.165) is 16.7 Å². The molecule has 90 valence electrons. The van der Waals surface area contributed by atoms with Crippen LogP contribution in [0.3, 0.4) is 0 Å². The lowest BCUT2D eigenvalue weighted by Gasteiger charge is -2.11. The normalized spacial score (nSPS) is 10.7. The molecule has 2 N–H and O–H groups in total. The first kappa shape index (κ1) is 10.7. The molecule has 0 aliphatic heterocycles. The van der Waals surface area contributed by atoms with Gasteiger partial charge in [0.2, 0.25) is 0 Å². The van der Waals surface area contributed by atoms with Gasteiger partial charge in [-0.15, -0.1) is 0 Å². The predicted octanol–water partition coefficient (Wildman–Crippen LogP) is 2.62. The Balaban J connectivity index is 2.26. The van der Waals surface area contributed by atoms with Crippen LogP contribution < -0.4 is 10.5 Å². The Morgan fingerprint density at radius 3 is 2.78 bits per heavy atom. The Hall–Kier alpha value is -2.49. The van der Waals surface area contributed by atoms with Crippen molar-refractivity contribution in [1.29, 1.82) is 0 Å². The molecule has 4 nitrogen and oxygen atoms in total. The second-order valence-corrected chi connectivity index (χ2v) is 4.00. The lowest BCUT2D eigenvalue weighted by Crippen LogP contribution is -2.00. The number of nitrogens with zero attached hydrogens (tertiary/aromatic N) is 2. The molecule has 0 aliphatic carbocycles. The van der Waals surface area contributed by atoms with Crippen molar-refractivity contribution in [3.05, 3.63) is 48.8 Å². The van der Waals surface area contributed by atoms with Crippen molar-refractivity contribution in [2.45, 2.75) is 0 Å². The Morgan fingerprint density at radius 1 is 1.11 bits per heavy atom. The number of para-hydroxylation sites is 3. The van der Waals surface area contributed by atoms with Gasteiger partial charge < -0.3 is 10.5 Å². The fourth-order valence-electron chi connectivity index (χ4n) is 2.07. The largest absolute Gasteiger partial charge is 0.495 e. The van der Waals surface area contributed by atoms with Crippen LogP contribution in [0.4, 0.5) is 5.69 Å². The molecule has 0 aliphatic rings. The number of nitrogen functional groups attached to an aromatic ring is 1. The van der Waals surface area contributed by atoms with E-state index in [0.29, 0.717) is 11.4 Å². The lowest BCUT2D eigenvalue weighted by molar-refractivity contribution is 0.417. The van der Waals surface area contributed by atoms with Gasteiger partial charge in [0.05, 0.1) is 29.5 Å². The summed E-state index contributed by atoms with van der Waals surface area (Å²) < 4.78 is 7.20. The highest BCUT2D eigenvalue weighted by Crippen LogP contribution is 2.29. The van der Waals surface area contributed by atoms with E-state index in [1.54, 1.807) is 13.4 Å². The number of hydrogen-bond acceptors (Lipinski definition) is 3. The maximum absolute atomic E-state index is 6.10. The minimum absolute atomic E-state index is 0.614. The molecule has 0 atom stereocenters. The quantitative estimate of drug-likeness (QED) is 0.699. The topological polar surface area (TPSA) is 53.1 Å². The fourth-order valence-corrected chi connectivity index (χ4v) is 2.07. The van der Waals surface area contributed by atoms with E-state index in [9.17, 15) is 0 Å². The molecule has 0 fully saturated rings. The third-order valence-corrected chi connectivity index (χ3v) is 2.98. The molecule has 0 saturated carbocycles. The molecule has 0 radical (unpaired) electrons. The van der Waals surface area contributed by atoms with Crippen LogP contribution in [0.1, 0.15) is 0 Å². The van der Waals surface area contributed by atoms with Crippen molar-refractivity contribution >= 4 is 16.7 Å².